The minimum absolute atomic E-state index is 0.00306. The summed E-state index contributed by atoms with van der Waals surface area (Å²) in [5.41, 5.74) is 0. The molecule has 4 heteroatoms. The largest absolute Gasteiger partial charge is 0.480 e. The maximum atomic E-state index is 11.1. The molecule has 2 unspecified atom stereocenters. The van der Waals surface area contributed by atoms with E-state index in [1.807, 2.05) is 19.1 Å². The average molecular weight is 223 g/mol. The second kappa shape index (κ2) is 4.70. The molecule has 1 aromatic heterocycles. The van der Waals surface area contributed by atoms with E-state index in [0.717, 1.165) is 25.0 Å². The molecule has 0 radical (unpaired) electrons. The molecule has 1 aromatic rings. The highest BCUT2D eigenvalue weighted by Crippen LogP contribution is 2.34. The van der Waals surface area contributed by atoms with Crippen molar-refractivity contribution in [2.24, 2.45) is 5.92 Å². The van der Waals surface area contributed by atoms with Crippen LogP contribution >= 0.6 is 0 Å². The van der Waals surface area contributed by atoms with Crippen LogP contribution in [0, 0.1) is 5.92 Å². The molecular formula is C12H17NO3. The highest BCUT2D eigenvalue weighted by atomic mass is 16.4. The number of hydrogen-bond acceptors (Lipinski definition) is 3. The molecule has 4 nitrogen and oxygen atoms in total. The maximum Gasteiger partial charge on any atom is 0.321 e. The lowest BCUT2D eigenvalue weighted by Gasteiger charge is -2.20. The maximum absolute atomic E-state index is 11.1. The molecule has 1 aliphatic rings. The van der Waals surface area contributed by atoms with E-state index in [2.05, 4.69) is 5.32 Å². The van der Waals surface area contributed by atoms with Gasteiger partial charge in [-0.25, -0.2) is 0 Å². The van der Waals surface area contributed by atoms with Gasteiger partial charge in [0.15, 0.2) is 0 Å². The Kier molecular flexibility index (Phi) is 3.29. The summed E-state index contributed by atoms with van der Waals surface area (Å²) in [5.74, 6) is 0.350. The molecule has 0 aliphatic heterocycles. The van der Waals surface area contributed by atoms with E-state index < -0.39 is 12.0 Å². The number of hydrogen-bond donors (Lipinski definition) is 2. The van der Waals surface area contributed by atoms with E-state index in [0.29, 0.717) is 5.92 Å². The Hall–Kier alpha value is -1.29. The normalized spacial score (nSPS) is 19.3. The molecule has 2 N–H and O–H groups in total. The zero-order valence-electron chi connectivity index (χ0n) is 9.35. The van der Waals surface area contributed by atoms with Crippen LogP contribution in [0.5, 0.6) is 0 Å². The van der Waals surface area contributed by atoms with Crippen LogP contribution in [0.15, 0.2) is 22.8 Å². The summed E-state index contributed by atoms with van der Waals surface area (Å²) < 4.78 is 5.31. The van der Waals surface area contributed by atoms with E-state index in [9.17, 15) is 4.79 Å². The Morgan fingerprint density at radius 3 is 2.88 bits per heavy atom. The third-order valence-corrected chi connectivity index (χ3v) is 3.04. The molecule has 0 amide bonds. The fourth-order valence-electron chi connectivity index (χ4n) is 1.95. The van der Waals surface area contributed by atoms with Crippen LogP contribution in [0.4, 0.5) is 0 Å². The Balaban J connectivity index is 2.02. The van der Waals surface area contributed by atoms with E-state index in [-0.39, 0.29) is 6.04 Å². The van der Waals surface area contributed by atoms with Gasteiger partial charge in [-0.05, 0) is 37.3 Å². The van der Waals surface area contributed by atoms with E-state index >= 15 is 0 Å². The molecule has 1 heterocycles. The van der Waals surface area contributed by atoms with Crippen molar-refractivity contribution in [2.75, 3.05) is 0 Å². The second-order valence-corrected chi connectivity index (χ2v) is 4.30. The molecule has 2 rings (SSSR count). The summed E-state index contributed by atoms with van der Waals surface area (Å²) in [4.78, 5) is 11.1. The predicted molar refractivity (Wildman–Crippen MR) is 59.0 cm³/mol. The Morgan fingerprint density at radius 2 is 2.44 bits per heavy atom. The minimum Gasteiger partial charge on any atom is -0.480 e. The van der Waals surface area contributed by atoms with Gasteiger partial charge in [0.25, 0.3) is 0 Å². The van der Waals surface area contributed by atoms with Gasteiger partial charge >= 0.3 is 5.97 Å². The monoisotopic (exact) mass is 223 g/mol. The number of carbonyl (C=O) groups is 1. The number of carboxylic acid groups (broad SMARTS) is 1. The summed E-state index contributed by atoms with van der Waals surface area (Å²) in [6.07, 6.45) is 4.47. The molecule has 1 saturated carbocycles. The van der Waals surface area contributed by atoms with Gasteiger partial charge in [-0.15, -0.1) is 0 Å². The molecule has 1 aliphatic carbocycles. The van der Waals surface area contributed by atoms with E-state index in [1.54, 1.807) is 6.26 Å². The smallest absolute Gasteiger partial charge is 0.321 e. The molecule has 0 saturated heterocycles. The second-order valence-electron chi connectivity index (χ2n) is 4.30. The van der Waals surface area contributed by atoms with Crippen LogP contribution in [0.3, 0.4) is 0 Å². The highest BCUT2D eigenvalue weighted by Gasteiger charge is 2.37. The summed E-state index contributed by atoms with van der Waals surface area (Å²) >= 11 is 0. The lowest BCUT2D eigenvalue weighted by atomic mass is 10.1. The van der Waals surface area contributed by atoms with Crippen LogP contribution in [0.25, 0.3) is 0 Å². The Labute approximate surface area is 94.6 Å². The van der Waals surface area contributed by atoms with Crippen LogP contribution in [-0.4, -0.2) is 17.1 Å². The van der Waals surface area contributed by atoms with Crippen molar-refractivity contribution in [3.8, 4) is 0 Å². The first-order chi connectivity index (χ1) is 7.72. The fraction of sp³-hybridized carbons (Fsp3) is 0.583. The van der Waals surface area contributed by atoms with Crippen LogP contribution in [-0.2, 0) is 4.79 Å². The number of aliphatic carboxylic acids is 1. The van der Waals surface area contributed by atoms with Crippen molar-refractivity contribution in [2.45, 2.75) is 38.3 Å². The molecule has 2 atom stereocenters. The fourth-order valence-corrected chi connectivity index (χ4v) is 1.95. The van der Waals surface area contributed by atoms with Gasteiger partial charge in [-0.1, -0.05) is 6.92 Å². The lowest BCUT2D eigenvalue weighted by molar-refractivity contribution is -0.140. The number of furan rings is 1. The van der Waals surface area contributed by atoms with Crippen LogP contribution in [0.2, 0.25) is 0 Å². The molecule has 0 spiro atoms. The molecule has 1 fully saturated rings. The van der Waals surface area contributed by atoms with Gasteiger partial charge in [0.2, 0.25) is 0 Å². The quantitative estimate of drug-likeness (QED) is 0.776. The van der Waals surface area contributed by atoms with Gasteiger partial charge in [-0.2, -0.15) is 0 Å². The Bertz CT molecular complexity index is 343. The van der Waals surface area contributed by atoms with Gasteiger partial charge in [0.1, 0.15) is 11.8 Å². The van der Waals surface area contributed by atoms with Crippen LogP contribution in [0.1, 0.15) is 38.0 Å². The summed E-state index contributed by atoms with van der Waals surface area (Å²) in [6, 6.07) is 3.27. The van der Waals surface area contributed by atoms with Gasteiger partial charge in [-0.3, -0.25) is 10.1 Å². The van der Waals surface area contributed by atoms with Crippen molar-refractivity contribution in [1.29, 1.82) is 0 Å². The van der Waals surface area contributed by atoms with Crippen molar-refractivity contribution in [1.82, 2.24) is 5.32 Å². The first-order valence-electron chi connectivity index (χ1n) is 5.74. The van der Waals surface area contributed by atoms with E-state index in [1.165, 1.54) is 0 Å². The van der Waals surface area contributed by atoms with Crippen molar-refractivity contribution in [3.05, 3.63) is 24.2 Å². The molecule has 0 aromatic carbocycles. The van der Waals surface area contributed by atoms with Crippen molar-refractivity contribution >= 4 is 5.97 Å². The van der Waals surface area contributed by atoms with Crippen LogP contribution < -0.4 is 5.32 Å². The first-order valence-corrected chi connectivity index (χ1v) is 5.74. The van der Waals surface area contributed by atoms with Gasteiger partial charge < -0.3 is 9.52 Å². The number of carboxylic acids is 1. The Morgan fingerprint density at radius 1 is 1.69 bits per heavy atom. The summed E-state index contributed by atoms with van der Waals surface area (Å²) in [5, 5.41) is 12.3. The third kappa shape index (κ3) is 2.44. The third-order valence-electron chi connectivity index (χ3n) is 3.04. The lowest BCUT2D eigenvalue weighted by Crippen LogP contribution is -2.40. The highest BCUT2D eigenvalue weighted by molar-refractivity contribution is 5.74. The minimum atomic E-state index is -0.757. The van der Waals surface area contributed by atoms with Crippen molar-refractivity contribution in [3.63, 3.8) is 0 Å². The molecule has 0 bridgehead atoms. The molecule has 88 valence electrons. The SMILES string of the molecule is CCC(NC(C(=O)O)C1CC1)c1ccco1. The number of rotatable bonds is 6. The zero-order chi connectivity index (χ0) is 11.5. The summed E-state index contributed by atoms with van der Waals surface area (Å²) in [7, 11) is 0. The topological polar surface area (TPSA) is 62.5 Å². The molecule has 16 heavy (non-hydrogen) atoms. The summed E-state index contributed by atoms with van der Waals surface area (Å²) in [6.45, 7) is 2.02. The van der Waals surface area contributed by atoms with E-state index in [4.69, 9.17) is 9.52 Å². The van der Waals surface area contributed by atoms with Gasteiger partial charge in [0.05, 0.1) is 12.3 Å². The predicted octanol–water partition coefficient (Wildman–Crippen LogP) is 2.18. The average Bonchev–Trinajstić information content (AvgIpc) is 2.94. The number of nitrogens with one attached hydrogen (secondary N) is 1. The zero-order valence-corrected chi connectivity index (χ0v) is 9.35. The van der Waals surface area contributed by atoms with Crippen molar-refractivity contribution < 1.29 is 14.3 Å². The molecular weight excluding hydrogens is 206 g/mol. The first kappa shape index (κ1) is 11.2. The standard InChI is InChI=1S/C12H17NO3/c1-2-9(10-4-3-7-16-10)13-11(12(14)15)8-5-6-8/h3-4,7-9,11,13H,2,5-6H2,1H3,(H,14,15). The van der Waals surface area contributed by atoms with Gasteiger partial charge in [0, 0.05) is 0 Å².